The molecule has 1 rings (SSSR count). The van der Waals surface area contributed by atoms with Crippen molar-refractivity contribution in [2.24, 2.45) is 0 Å². The van der Waals surface area contributed by atoms with Gasteiger partial charge >= 0.3 is 0 Å². The molecule has 1 fully saturated rings. The highest BCUT2D eigenvalue weighted by atomic mass is 32.2. The molecule has 0 saturated heterocycles. The van der Waals surface area contributed by atoms with Gasteiger partial charge in [0, 0.05) is 17.3 Å². The van der Waals surface area contributed by atoms with Crippen LogP contribution in [0.1, 0.15) is 40.0 Å². The highest BCUT2D eigenvalue weighted by Gasteiger charge is 2.28. The Kier molecular flexibility index (Phi) is 6.34. The Hall–Kier alpha value is -0.220. The molecule has 1 aliphatic rings. The normalized spacial score (nSPS) is 24.6. The van der Waals surface area contributed by atoms with Crippen LogP contribution in [0.5, 0.6) is 0 Å². The van der Waals surface area contributed by atoms with Crippen molar-refractivity contribution in [2.75, 3.05) is 19.3 Å². The number of amides is 1. The zero-order valence-corrected chi connectivity index (χ0v) is 12.3. The van der Waals surface area contributed by atoms with Gasteiger partial charge < -0.3 is 5.32 Å². The molecule has 1 aliphatic carbocycles. The minimum atomic E-state index is 0.176. The third kappa shape index (κ3) is 4.88. The fourth-order valence-electron chi connectivity index (χ4n) is 2.17. The lowest BCUT2D eigenvalue weighted by atomic mass is 10.2. The Morgan fingerprint density at radius 1 is 1.47 bits per heavy atom. The minimum absolute atomic E-state index is 0.176. The van der Waals surface area contributed by atoms with Gasteiger partial charge in [0.15, 0.2) is 0 Å². The molecule has 2 atom stereocenters. The fraction of sp³-hybridized carbons (Fsp3) is 0.923. The van der Waals surface area contributed by atoms with Gasteiger partial charge in [0.1, 0.15) is 0 Å². The van der Waals surface area contributed by atoms with E-state index < -0.39 is 0 Å². The van der Waals surface area contributed by atoms with Crippen LogP contribution in [-0.2, 0) is 4.79 Å². The standard InChI is InChI=1S/C13H26N2OS/c1-5-17-12-8-6-7-11(12)14-13(16)9-15(4)10(2)3/h10-12H,5-9H2,1-4H3,(H,14,16)/t11-,12-/m1/s1. The molecule has 1 saturated carbocycles. The van der Waals surface area contributed by atoms with Crippen LogP contribution in [-0.4, -0.2) is 47.5 Å². The van der Waals surface area contributed by atoms with Crippen molar-refractivity contribution in [2.45, 2.75) is 57.4 Å². The Labute approximate surface area is 110 Å². The average molecular weight is 258 g/mol. The number of hydrogen-bond acceptors (Lipinski definition) is 3. The lowest BCUT2D eigenvalue weighted by Crippen LogP contribution is -2.44. The number of nitrogens with zero attached hydrogens (tertiary/aromatic N) is 1. The highest BCUT2D eigenvalue weighted by molar-refractivity contribution is 7.99. The summed E-state index contributed by atoms with van der Waals surface area (Å²) in [5, 5.41) is 3.83. The largest absolute Gasteiger partial charge is 0.351 e. The first-order valence-corrected chi connectivity index (χ1v) is 7.70. The second kappa shape index (κ2) is 7.27. The molecule has 0 aliphatic heterocycles. The summed E-state index contributed by atoms with van der Waals surface area (Å²) in [5.41, 5.74) is 0. The number of thioether (sulfide) groups is 1. The third-order valence-electron chi connectivity index (χ3n) is 3.45. The smallest absolute Gasteiger partial charge is 0.234 e. The first-order chi connectivity index (χ1) is 8.04. The van der Waals surface area contributed by atoms with Gasteiger partial charge in [-0.15, -0.1) is 0 Å². The molecule has 0 radical (unpaired) electrons. The van der Waals surface area contributed by atoms with E-state index in [4.69, 9.17) is 0 Å². The van der Waals surface area contributed by atoms with E-state index in [1.807, 2.05) is 18.8 Å². The van der Waals surface area contributed by atoms with Crippen LogP contribution in [0, 0.1) is 0 Å². The van der Waals surface area contributed by atoms with Crippen LogP contribution >= 0.6 is 11.8 Å². The molecule has 100 valence electrons. The molecule has 3 nitrogen and oxygen atoms in total. The van der Waals surface area contributed by atoms with Crippen LogP contribution in [0.3, 0.4) is 0 Å². The Morgan fingerprint density at radius 3 is 2.76 bits per heavy atom. The molecular weight excluding hydrogens is 232 g/mol. The summed E-state index contributed by atoms with van der Waals surface area (Å²) in [4.78, 5) is 14.0. The molecule has 0 spiro atoms. The zero-order chi connectivity index (χ0) is 12.8. The predicted octanol–water partition coefficient (Wildman–Crippen LogP) is 2.12. The van der Waals surface area contributed by atoms with Crippen LogP contribution in [0.25, 0.3) is 0 Å². The molecule has 0 unspecified atom stereocenters. The zero-order valence-electron chi connectivity index (χ0n) is 11.5. The summed E-state index contributed by atoms with van der Waals surface area (Å²) in [6, 6.07) is 0.818. The van der Waals surface area contributed by atoms with Gasteiger partial charge in [-0.25, -0.2) is 0 Å². The van der Waals surface area contributed by atoms with Crippen molar-refractivity contribution in [3.05, 3.63) is 0 Å². The van der Waals surface area contributed by atoms with Crippen molar-refractivity contribution >= 4 is 17.7 Å². The maximum atomic E-state index is 11.9. The van der Waals surface area contributed by atoms with Gasteiger partial charge in [0.2, 0.25) is 5.91 Å². The SMILES string of the molecule is CCS[C@@H]1CCC[C@H]1NC(=O)CN(C)C(C)C. The molecule has 0 aromatic heterocycles. The second-order valence-electron chi connectivity index (χ2n) is 5.11. The van der Waals surface area contributed by atoms with E-state index >= 15 is 0 Å². The number of nitrogens with one attached hydrogen (secondary N) is 1. The highest BCUT2D eigenvalue weighted by Crippen LogP contribution is 2.29. The van der Waals surface area contributed by atoms with Crippen molar-refractivity contribution in [3.8, 4) is 0 Å². The first-order valence-electron chi connectivity index (χ1n) is 6.65. The van der Waals surface area contributed by atoms with E-state index in [9.17, 15) is 4.79 Å². The molecule has 17 heavy (non-hydrogen) atoms. The topological polar surface area (TPSA) is 32.3 Å². The summed E-state index contributed by atoms with van der Waals surface area (Å²) in [6.07, 6.45) is 3.65. The van der Waals surface area contributed by atoms with E-state index in [0.717, 1.165) is 12.2 Å². The van der Waals surface area contributed by atoms with E-state index in [0.29, 0.717) is 23.9 Å². The molecule has 1 amide bonds. The van der Waals surface area contributed by atoms with E-state index in [1.165, 1.54) is 12.8 Å². The predicted molar refractivity (Wildman–Crippen MR) is 75.5 cm³/mol. The van der Waals surface area contributed by atoms with Gasteiger partial charge in [0.25, 0.3) is 0 Å². The molecule has 0 heterocycles. The average Bonchev–Trinajstić information content (AvgIpc) is 2.66. The second-order valence-corrected chi connectivity index (χ2v) is 6.62. The molecule has 0 bridgehead atoms. The number of rotatable bonds is 6. The number of hydrogen-bond donors (Lipinski definition) is 1. The van der Waals surface area contributed by atoms with Gasteiger partial charge in [0.05, 0.1) is 6.54 Å². The minimum Gasteiger partial charge on any atom is -0.351 e. The molecule has 1 N–H and O–H groups in total. The summed E-state index contributed by atoms with van der Waals surface area (Å²) in [5.74, 6) is 1.32. The Morgan fingerprint density at radius 2 is 2.18 bits per heavy atom. The van der Waals surface area contributed by atoms with Crippen molar-refractivity contribution < 1.29 is 4.79 Å². The van der Waals surface area contributed by atoms with Gasteiger partial charge in [-0.05, 0) is 39.5 Å². The van der Waals surface area contributed by atoms with Crippen LogP contribution in [0.2, 0.25) is 0 Å². The fourth-order valence-corrected chi connectivity index (χ4v) is 3.36. The van der Waals surface area contributed by atoms with Crippen molar-refractivity contribution in [3.63, 3.8) is 0 Å². The van der Waals surface area contributed by atoms with Crippen molar-refractivity contribution in [1.29, 1.82) is 0 Å². The third-order valence-corrected chi connectivity index (χ3v) is 4.78. The van der Waals surface area contributed by atoms with Gasteiger partial charge in [-0.2, -0.15) is 11.8 Å². The summed E-state index contributed by atoms with van der Waals surface area (Å²) < 4.78 is 0. The van der Waals surface area contributed by atoms with Gasteiger partial charge in [-0.1, -0.05) is 13.3 Å². The summed E-state index contributed by atoms with van der Waals surface area (Å²) in [6.45, 7) is 6.92. The van der Waals surface area contributed by atoms with Crippen LogP contribution < -0.4 is 5.32 Å². The molecule has 0 aromatic rings. The molecule has 0 aromatic carbocycles. The van der Waals surface area contributed by atoms with Gasteiger partial charge in [-0.3, -0.25) is 9.69 Å². The van der Waals surface area contributed by atoms with E-state index in [1.54, 1.807) is 0 Å². The summed E-state index contributed by atoms with van der Waals surface area (Å²) >= 11 is 1.99. The number of carbonyl (C=O) groups is 1. The maximum absolute atomic E-state index is 11.9. The van der Waals surface area contributed by atoms with E-state index in [-0.39, 0.29) is 5.91 Å². The monoisotopic (exact) mass is 258 g/mol. The Balaban J connectivity index is 2.34. The lowest BCUT2D eigenvalue weighted by Gasteiger charge is -2.24. The molecule has 4 heteroatoms. The maximum Gasteiger partial charge on any atom is 0.234 e. The number of likely N-dealkylation sites (N-methyl/N-ethyl adjacent to an activating group) is 1. The van der Waals surface area contributed by atoms with E-state index in [2.05, 4.69) is 31.0 Å². The first kappa shape index (κ1) is 14.8. The van der Waals surface area contributed by atoms with Crippen LogP contribution in [0.15, 0.2) is 0 Å². The molecular formula is C13H26N2OS. The summed E-state index contributed by atoms with van der Waals surface area (Å²) in [7, 11) is 2.00. The quantitative estimate of drug-likeness (QED) is 0.792. The van der Waals surface area contributed by atoms with Crippen LogP contribution in [0.4, 0.5) is 0 Å². The lowest BCUT2D eigenvalue weighted by molar-refractivity contribution is -0.122. The number of carbonyl (C=O) groups excluding carboxylic acids is 1. The Bertz CT molecular complexity index is 246. The van der Waals surface area contributed by atoms with Crippen molar-refractivity contribution in [1.82, 2.24) is 10.2 Å².